The number of carbonyl (C=O) groups excluding carboxylic acids is 1. The maximum Gasteiger partial charge on any atom is 0.251 e. The van der Waals surface area contributed by atoms with Crippen LogP contribution in [0.1, 0.15) is 59.7 Å². The Morgan fingerprint density at radius 1 is 0.867 bits per heavy atom. The molecular weight excluding hydrogens is 370 g/mol. The van der Waals surface area contributed by atoms with Gasteiger partial charge in [-0.25, -0.2) is 0 Å². The van der Waals surface area contributed by atoms with Crippen LogP contribution in [0.2, 0.25) is 0 Å². The van der Waals surface area contributed by atoms with E-state index < -0.39 is 0 Å². The number of piperidine rings is 1. The van der Waals surface area contributed by atoms with Crippen LogP contribution in [-0.4, -0.2) is 41.9 Å². The fourth-order valence-electron chi connectivity index (χ4n) is 4.56. The number of rotatable bonds is 7. The van der Waals surface area contributed by atoms with Gasteiger partial charge in [-0.05, 0) is 86.6 Å². The summed E-state index contributed by atoms with van der Waals surface area (Å²) in [7, 11) is 0. The second-order valence-corrected chi connectivity index (χ2v) is 9.14. The van der Waals surface area contributed by atoms with Crippen molar-refractivity contribution in [1.29, 1.82) is 0 Å². The number of nitrogens with zero attached hydrogens (tertiary/aromatic N) is 2. The highest BCUT2D eigenvalue weighted by atomic mass is 16.1. The summed E-state index contributed by atoms with van der Waals surface area (Å²) in [6, 6.07) is 16.7. The summed E-state index contributed by atoms with van der Waals surface area (Å²) in [5, 5.41) is 3.08. The fourth-order valence-corrected chi connectivity index (χ4v) is 4.56. The lowest BCUT2D eigenvalue weighted by atomic mass is 9.98. The van der Waals surface area contributed by atoms with E-state index in [2.05, 4.69) is 58.4 Å². The van der Waals surface area contributed by atoms with Gasteiger partial charge >= 0.3 is 0 Å². The highest BCUT2D eigenvalue weighted by molar-refractivity contribution is 5.94. The van der Waals surface area contributed by atoms with Crippen LogP contribution in [0.25, 0.3) is 0 Å². The van der Waals surface area contributed by atoms with Crippen LogP contribution in [0, 0.1) is 5.92 Å². The van der Waals surface area contributed by atoms with Crippen LogP contribution >= 0.6 is 0 Å². The monoisotopic (exact) mass is 405 g/mol. The first kappa shape index (κ1) is 21.1. The molecule has 2 aliphatic heterocycles. The average Bonchev–Trinajstić information content (AvgIpc) is 3.28. The first-order valence-corrected chi connectivity index (χ1v) is 11.6. The lowest BCUT2D eigenvalue weighted by Crippen LogP contribution is -2.32. The van der Waals surface area contributed by atoms with Crippen molar-refractivity contribution in [2.75, 3.05) is 26.2 Å². The minimum absolute atomic E-state index is 0.00172. The second-order valence-electron chi connectivity index (χ2n) is 9.14. The van der Waals surface area contributed by atoms with Gasteiger partial charge in [-0.2, -0.15) is 0 Å². The first-order valence-electron chi connectivity index (χ1n) is 11.6. The molecule has 0 atom stereocenters. The molecule has 0 spiro atoms. The number of likely N-dealkylation sites (tertiary alicyclic amines) is 2. The molecule has 30 heavy (non-hydrogen) atoms. The molecule has 160 valence electrons. The van der Waals surface area contributed by atoms with Crippen molar-refractivity contribution < 1.29 is 4.79 Å². The standard InChI is InChI=1S/C26H35N3O/c1-21-11-15-29(16-12-21)20-24-6-4-5-23(17-24)18-27-26(30)25-9-7-22(8-10-25)19-28-13-2-3-14-28/h4-10,17,21H,2-3,11-16,18-20H2,1H3,(H,27,30). The third kappa shape index (κ3) is 5.93. The van der Waals surface area contributed by atoms with Gasteiger partial charge in [0.25, 0.3) is 5.91 Å². The van der Waals surface area contributed by atoms with Crippen molar-refractivity contribution in [3.05, 3.63) is 70.8 Å². The van der Waals surface area contributed by atoms with E-state index >= 15 is 0 Å². The molecule has 2 aliphatic rings. The number of benzene rings is 2. The Hall–Kier alpha value is -2.17. The number of nitrogens with one attached hydrogen (secondary N) is 1. The normalized spacial score (nSPS) is 18.6. The molecule has 2 aromatic rings. The number of amides is 1. The molecule has 0 bridgehead atoms. The molecule has 0 aliphatic carbocycles. The van der Waals surface area contributed by atoms with Gasteiger partial charge in [-0.15, -0.1) is 0 Å². The largest absolute Gasteiger partial charge is 0.348 e. The van der Waals surface area contributed by atoms with Crippen LogP contribution in [0.15, 0.2) is 48.5 Å². The lowest BCUT2D eigenvalue weighted by Gasteiger charge is -2.30. The van der Waals surface area contributed by atoms with Crippen molar-refractivity contribution >= 4 is 5.91 Å². The van der Waals surface area contributed by atoms with Gasteiger partial charge in [0.15, 0.2) is 0 Å². The SMILES string of the molecule is CC1CCN(Cc2cccc(CNC(=O)c3ccc(CN4CCCC4)cc3)c2)CC1. The van der Waals surface area contributed by atoms with Gasteiger partial charge in [0.05, 0.1) is 0 Å². The first-order chi connectivity index (χ1) is 14.7. The summed E-state index contributed by atoms with van der Waals surface area (Å²) in [5.41, 5.74) is 4.52. The van der Waals surface area contributed by atoms with Gasteiger partial charge in [0.2, 0.25) is 0 Å². The minimum Gasteiger partial charge on any atom is -0.348 e. The van der Waals surface area contributed by atoms with E-state index in [1.54, 1.807) is 0 Å². The van der Waals surface area contributed by atoms with Gasteiger partial charge in [-0.3, -0.25) is 14.6 Å². The van der Waals surface area contributed by atoms with Gasteiger partial charge in [-0.1, -0.05) is 43.3 Å². The van der Waals surface area contributed by atoms with Crippen molar-refractivity contribution in [3.8, 4) is 0 Å². The lowest BCUT2D eigenvalue weighted by molar-refractivity contribution is 0.0951. The molecule has 0 radical (unpaired) electrons. The summed E-state index contributed by atoms with van der Waals surface area (Å²) in [6.07, 6.45) is 5.21. The Morgan fingerprint density at radius 2 is 1.50 bits per heavy atom. The zero-order valence-corrected chi connectivity index (χ0v) is 18.3. The molecule has 2 saturated heterocycles. The molecule has 0 saturated carbocycles. The molecule has 1 amide bonds. The van der Waals surface area contributed by atoms with E-state index in [0.717, 1.165) is 30.1 Å². The van der Waals surface area contributed by atoms with Crippen LogP contribution < -0.4 is 5.32 Å². The predicted molar refractivity (Wildman–Crippen MR) is 122 cm³/mol. The summed E-state index contributed by atoms with van der Waals surface area (Å²) in [4.78, 5) is 17.6. The number of hydrogen-bond donors (Lipinski definition) is 1. The van der Waals surface area contributed by atoms with E-state index in [4.69, 9.17) is 0 Å². The number of hydrogen-bond acceptors (Lipinski definition) is 3. The Kier molecular flexibility index (Phi) is 7.19. The molecule has 4 heteroatoms. The smallest absolute Gasteiger partial charge is 0.251 e. The topological polar surface area (TPSA) is 35.6 Å². The van der Waals surface area contributed by atoms with Crippen molar-refractivity contribution in [1.82, 2.24) is 15.1 Å². The minimum atomic E-state index is -0.00172. The van der Waals surface area contributed by atoms with Crippen molar-refractivity contribution in [2.24, 2.45) is 5.92 Å². The summed E-state index contributed by atoms with van der Waals surface area (Å²) in [5.74, 6) is 0.857. The van der Waals surface area contributed by atoms with Crippen molar-refractivity contribution in [2.45, 2.75) is 52.2 Å². The predicted octanol–water partition coefficient (Wildman–Crippen LogP) is 4.44. The van der Waals surface area contributed by atoms with Crippen LogP contribution in [0.5, 0.6) is 0 Å². The van der Waals surface area contributed by atoms with Gasteiger partial charge < -0.3 is 5.32 Å². The Labute approximate surface area is 181 Å². The van der Waals surface area contributed by atoms with E-state index in [1.807, 2.05) is 12.1 Å². The summed E-state index contributed by atoms with van der Waals surface area (Å²) < 4.78 is 0. The maximum atomic E-state index is 12.6. The molecule has 0 aromatic heterocycles. The molecule has 1 N–H and O–H groups in total. The van der Waals surface area contributed by atoms with Gasteiger partial charge in [0, 0.05) is 25.2 Å². The van der Waals surface area contributed by atoms with Crippen LogP contribution in [-0.2, 0) is 19.6 Å². The summed E-state index contributed by atoms with van der Waals surface area (Å²) >= 11 is 0. The molecule has 4 rings (SSSR count). The molecule has 0 unspecified atom stereocenters. The molecule has 2 aromatic carbocycles. The van der Waals surface area contributed by atoms with E-state index in [-0.39, 0.29) is 5.91 Å². The van der Waals surface area contributed by atoms with Crippen LogP contribution in [0.3, 0.4) is 0 Å². The Morgan fingerprint density at radius 3 is 2.23 bits per heavy atom. The highest BCUT2D eigenvalue weighted by Gasteiger charge is 2.16. The Balaban J connectivity index is 1.27. The summed E-state index contributed by atoms with van der Waals surface area (Å²) in [6.45, 7) is 9.68. The third-order valence-corrected chi connectivity index (χ3v) is 6.55. The average molecular weight is 406 g/mol. The fraction of sp³-hybridized carbons (Fsp3) is 0.500. The van der Waals surface area contributed by atoms with E-state index in [1.165, 1.54) is 63.0 Å². The zero-order valence-electron chi connectivity index (χ0n) is 18.3. The molecule has 4 nitrogen and oxygen atoms in total. The molecular formula is C26H35N3O. The van der Waals surface area contributed by atoms with Gasteiger partial charge in [0.1, 0.15) is 0 Å². The zero-order chi connectivity index (χ0) is 20.8. The Bertz CT molecular complexity index is 818. The van der Waals surface area contributed by atoms with Crippen molar-refractivity contribution in [3.63, 3.8) is 0 Å². The van der Waals surface area contributed by atoms with E-state index in [9.17, 15) is 4.79 Å². The highest BCUT2D eigenvalue weighted by Crippen LogP contribution is 2.19. The quantitative estimate of drug-likeness (QED) is 0.739. The van der Waals surface area contributed by atoms with Crippen LogP contribution in [0.4, 0.5) is 0 Å². The maximum absolute atomic E-state index is 12.6. The second kappa shape index (κ2) is 10.2. The van der Waals surface area contributed by atoms with E-state index in [0.29, 0.717) is 6.54 Å². The number of carbonyl (C=O) groups is 1. The third-order valence-electron chi connectivity index (χ3n) is 6.55. The molecule has 2 heterocycles. The molecule has 2 fully saturated rings.